The molecular weight excluding hydrogens is 232 g/mol. The minimum absolute atomic E-state index is 0.182. The molecule has 0 aliphatic rings. The van der Waals surface area contributed by atoms with Crippen molar-refractivity contribution in [3.8, 4) is 0 Å². The fourth-order valence-electron chi connectivity index (χ4n) is 1.73. The highest BCUT2D eigenvalue weighted by molar-refractivity contribution is 7.11. The second kappa shape index (κ2) is 6.47. The highest BCUT2D eigenvalue weighted by atomic mass is 32.1. The topological polar surface area (TPSA) is 45.2 Å². The van der Waals surface area contributed by atoms with Crippen molar-refractivity contribution in [3.63, 3.8) is 0 Å². The average molecular weight is 256 g/mol. The van der Waals surface area contributed by atoms with Crippen molar-refractivity contribution < 1.29 is 5.11 Å². The Labute approximate surface area is 108 Å². The van der Waals surface area contributed by atoms with E-state index >= 15 is 0 Å². The Bertz CT molecular complexity index is 330. The predicted octanol–water partition coefficient (Wildman–Crippen LogP) is 2.59. The van der Waals surface area contributed by atoms with E-state index < -0.39 is 0 Å². The fraction of sp³-hybridized carbons (Fsp3) is 0.769. The number of aliphatic hydroxyl groups is 1. The first-order valence-corrected chi connectivity index (χ1v) is 7.04. The monoisotopic (exact) mass is 256 g/mol. The molecule has 1 unspecified atom stereocenters. The maximum Gasteiger partial charge on any atom is 0.0925 e. The van der Waals surface area contributed by atoms with Crippen LogP contribution in [0.1, 0.15) is 44.0 Å². The Balaban J connectivity index is 2.23. The van der Waals surface area contributed by atoms with Crippen LogP contribution >= 0.6 is 11.3 Å². The van der Waals surface area contributed by atoms with E-state index in [1.54, 1.807) is 11.3 Å². The third-order valence-electron chi connectivity index (χ3n) is 2.43. The average Bonchev–Trinajstić information content (AvgIpc) is 2.63. The lowest BCUT2D eigenvalue weighted by Crippen LogP contribution is -2.29. The zero-order chi connectivity index (χ0) is 12.9. The molecule has 1 heterocycles. The maximum atomic E-state index is 9.84. The van der Waals surface area contributed by atoms with Gasteiger partial charge in [0.2, 0.25) is 0 Å². The number of thiazole rings is 1. The molecule has 0 fully saturated rings. The minimum atomic E-state index is -0.270. The first-order chi connectivity index (χ1) is 7.90. The molecule has 3 nitrogen and oxygen atoms in total. The summed E-state index contributed by atoms with van der Waals surface area (Å²) < 4.78 is 0. The van der Waals surface area contributed by atoms with Gasteiger partial charge < -0.3 is 10.4 Å². The van der Waals surface area contributed by atoms with Crippen LogP contribution in [0.4, 0.5) is 0 Å². The molecule has 98 valence electrons. The molecule has 0 saturated heterocycles. The molecule has 0 radical (unpaired) electrons. The fourth-order valence-corrected chi connectivity index (χ4v) is 2.57. The standard InChI is InChI=1S/C13H24N2OS/c1-5-12-15-9-11(17-12)8-14-7-10(16)6-13(2,3)4/h9-10,14,16H,5-8H2,1-4H3. The van der Waals surface area contributed by atoms with E-state index in [1.165, 1.54) is 9.88 Å². The molecule has 0 spiro atoms. The van der Waals surface area contributed by atoms with Gasteiger partial charge in [0.15, 0.2) is 0 Å². The van der Waals surface area contributed by atoms with Gasteiger partial charge >= 0.3 is 0 Å². The third-order valence-corrected chi connectivity index (χ3v) is 3.57. The van der Waals surface area contributed by atoms with E-state index in [1.807, 2.05) is 6.20 Å². The van der Waals surface area contributed by atoms with Crippen LogP contribution < -0.4 is 5.32 Å². The van der Waals surface area contributed by atoms with Crippen LogP contribution in [-0.2, 0) is 13.0 Å². The molecule has 0 saturated carbocycles. The molecular formula is C13H24N2OS. The zero-order valence-corrected chi connectivity index (χ0v) is 12.1. The lowest BCUT2D eigenvalue weighted by atomic mass is 9.89. The van der Waals surface area contributed by atoms with Crippen LogP contribution in [0.3, 0.4) is 0 Å². The van der Waals surface area contributed by atoms with E-state index in [0.29, 0.717) is 6.54 Å². The van der Waals surface area contributed by atoms with E-state index in [0.717, 1.165) is 19.4 Å². The smallest absolute Gasteiger partial charge is 0.0925 e. The first-order valence-electron chi connectivity index (χ1n) is 6.23. The molecule has 1 atom stereocenters. The van der Waals surface area contributed by atoms with Crippen molar-refractivity contribution in [3.05, 3.63) is 16.1 Å². The van der Waals surface area contributed by atoms with Gasteiger partial charge in [0.1, 0.15) is 0 Å². The quantitative estimate of drug-likeness (QED) is 0.822. The number of hydrogen-bond acceptors (Lipinski definition) is 4. The molecule has 0 aromatic carbocycles. The van der Waals surface area contributed by atoms with Crippen LogP contribution in [0.5, 0.6) is 0 Å². The summed E-state index contributed by atoms with van der Waals surface area (Å²) >= 11 is 1.74. The minimum Gasteiger partial charge on any atom is -0.392 e. The summed E-state index contributed by atoms with van der Waals surface area (Å²) in [5, 5.41) is 14.3. The summed E-state index contributed by atoms with van der Waals surface area (Å²) in [6.07, 6.45) is 3.47. The molecule has 0 bridgehead atoms. The number of aliphatic hydroxyl groups excluding tert-OH is 1. The third kappa shape index (κ3) is 6.15. The number of nitrogens with zero attached hydrogens (tertiary/aromatic N) is 1. The highest BCUT2D eigenvalue weighted by Gasteiger charge is 2.16. The van der Waals surface area contributed by atoms with E-state index in [4.69, 9.17) is 0 Å². The SMILES string of the molecule is CCc1ncc(CNCC(O)CC(C)(C)C)s1. The predicted molar refractivity (Wildman–Crippen MR) is 73.3 cm³/mol. The van der Waals surface area contributed by atoms with Crippen LogP contribution in [0.2, 0.25) is 0 Å². The summed E-state index contributed by atoms with van der Waals surface area (Å²) in [4.78, 5) is 5.55. The van der Waals surface area contributed by atoms with E-state index in [2.05, 4.69) is 38.0 Å². The normalized spacial score (nSPS) is 13.9. The largest absolute Gasteiger partial charge is 0.392 e. The van der Waals surface area contributed by atoms with Gasteiger partial charge in [-0.2, -0.15) is 0 Å². The number of aryl methyl sites for hydroxylation is 1. The van der Waals surface area contributed by atoms with Gasteiger partial charge in [-0.1, -0.05) is 27.7 Å². The van der Waals surface area contributed by atoms with Crippen molar-refractivity contribution >= 4 is 11.3 Å². The van der Waals surface area contributed by atoms with Crippen LogP contribution in [0.25, 0.3) is 0 Å². The van der Waals surface area contributed by atoms with Crippen molar-refractivity contribution in [2.75, 3.05) is 6.54 Å². The Hall–Kier alpha value is -0.450. The number of hydrogen-bond donors (Lipinski definition) is 2. The lowest BCUT2D eigenvalue weighted by molar-refractivity contribution is 0.119. The second-order valence-electron chi connectivity index (χ2n) is 5.62. The summed E-state index contributed by atoms with van der Waals surface area (Å²) in [7, 11) is 0. The van der Waals surface area contributed by atoms with Crippen molar-refractivity contribution in [1.29, 1.82) is 0 Å². The summed E-state index contributed by atoms with van der Waals surface area (Å²) in [6, 6.07) is 0. The van der Waals surface area contributed by atoms with Gasteiger partial charge in [-0.3, -0.25) is 0 Å². The zero-order valence-electron chi connectivity index (χ0n) is 11.3. The molecule has 0 aliphatic carbocycles. The van der Waals surface area contributed by atoms with Crippen molar-refractivity contribution in [1.82, 2.24) is 10.3 Å². The van der Waals surface area contributed by atoms with Gasteiger partial charge in [-0.25, -0.2) is 4.98 Å². The summed E-state index contributed by atoms with van der Waals surface area (Å²) in [5.41, 5.74) is 0.182. The molecule has 1 aromatic rings. The molecule has 0 amide bonds. The Morgan fingerprint density at radius 3 is 2.71 bits per heavy atom. The molecule has 2 N–H and O–H groups in total. The number of aromatic nitrogens is 1. The number of rotatable bonds is 6. The second-order valence-corrected chi connectivity index (χ2v) is 6.82. The Morgan fingerprint density at radius 2 is 2.18 bits per heavy atom. The van der Waals surface area contributed by atoms with Gasteiger partial charge in [0.25, 0.3) is 0 Å². The Kier molecular flexibility index (Phi) is 5.56. The van der Waals surface area contributed by atoms with Crippen molar-refractivity contribution in [2.45, 2.75) is 53.2 Å². The highest BCUT2D eigenvalue weighted by Crippen LogP contribution is 2.20. The summed E-state index contributed by atoms with van der Waals surface area (Å²) in [6.45, 7) is 10.0. The van der Waals surface area contributed by atoms with Gasteiger partial charge in [0, 0.05) is 24.2 Å². The maximum absolute atomic E-state index is 9.84. The van der Waals surface area contributed by atoms with E-state index in [9.17, 15) is 5.11 Å². The van der Waals surface area contributed by atoms with Crippen LogP contribution in [-0.4, -0.2) is 22.7 Å². The van der Waals surface area contributed by atoms with E-state index in [-0.39, 0.29) is 11.5 Å². The molecule has 0 aliphatic heterocycles. The van der Waals surface area contributed by atoms with Crippen LogP contribution in [0, 0.1) is 5.41 Å². The molecule has 17 heavy (non-hydrogen) atoms. The number of nitrogens with one attached hydrogen (secondary N) is 1. The first kappa shape index (κ1) is 14.6. The molecule has 1 aromatic heterocycles. The molecule has 4 heteroatoms. The summed E-state index contributed by atoms with van der Waals surface area (Å²) in [5.74, 6) is 0. The van der Waals surface area contributed by atoms with Crippen molar-refractivity contribution in [2.24, 2.45) is 5.41 Å². The van der Waals surface area contributed by atoms with Gasteiger partial charge in [0.05, 0.1) is 11.1 Å². The Morgan fingerprint density at radius 1 is 1.47 bits per heavy atom. The van der Waals surface area contributed by atoms with Gasteiger partial charge in [-0.05, 0) is 18.3 Å². The van der Waals surface area contributed by atoms with Crippen LogP contribution in [0.15, 0.2) is 6.20 Å². The molecule has 1 rings (SSSR count). The lowest BCUT2D eigenvalue weighted by Gasteiger charge is -2.22. The van der Waals surface area contributed by atoms with Gasteiger partial charge in [-0.15, -0.1) is 11.3 Å².